The van der Waals surface area contributed by atoms with Crippen molar-refractivity contribution >= 4 is 16.8 Å². The van der Waals surface area contributed by atoms with E-state index in [2.05, 4.69) is 15.0 Å². The van der Waals surface area contributed by atoms with Crippen LogP contribution in [0, 0.1) is 5.82 Å². The molecule has 30 heavy (non-hydrogen) atoms. The fourth-order valence-corrected chi connectivity index (χ4v) is 2.85. The maximum atomic E-state index is 14.6. The molecule has 0 atom stereocenters. The number of nitrogens with zero attached hydrogens (tertiary/aromatic N) is 1. The van der Waals surface area contributed by atoms with Crippen molar-refractivity contribution in [3.8, 4) is 22.6 Å². The Kier molecular flexibility index (Phi) is 6.06. The molecule has 1 heterocycles. The van der Waals surface area contributed by atoms with Crippen molar-refractivity contribution < 1.29 is 36.9 Å². The van der Waals surface area contributed by atoms with Crippen molar-refractivity contribution in [3.63, 3.8) is 0 Å². The average molecular weight is 424 g/mol. The number of methoxy groups -OCH3 is 1. The number of rotatable bonds is 6. The fraction of sp³-hybridized carbons (Fsp3) is 0.200. The molecule has 0 fully saturated rings. The largest absolute Gasteiger partial charge is 0.573 e. The van der Waals surface area contributed by atoms with Crippen molar-refractivity contribution in [1.29, 1.82) is 0 Å². The van der Waals surface area contributed by atoms with Gasteiger partial charge in [-0.3, -0.25) is 9.78 Å². The first-order valence-corrected chi connectivity index (χ1v) is 8.64. The van der Waals surface area contributed by atoms with E-state index in [-0.39, 0.29) is 29.8 Å². The number of benzene rings is 2. The molecular weight excluding hydrogens is 408 g/mol. The number of fused-ring (bicyclic) bond motifs is 1. The predicted molar refractivity (Wildman–Crippen MR) is 99.8 cm³/mol. The minimum atomic E-state index is -4.94. The number of aliphatic hydroxyl groups is 1. The lowest BCUT2D eigenvalue weighted by atomic mass is 10.00. The molecule has 3 aromatic rings. The van der Waals surface area contributed by atoms with Gasteiger partial charge in [0.05, 0.1) is 24.8 Å². The highest BCUT2D eigenvalue weighted by molar-refractivity contribution is 6.01. The Bertz CT molecular complexity index is 1090. The van der Waals surface area contributed by atoms with Crippen molar-refractivity contribution in [2.75, 3.05) is 20.3 Å². The summed E-state index contributed by atoms with van der Waals surface area (Å²) in [6.07, 6.45) is -3.66. The van der Waals surface area contributed by atoms with Gasteiger partial charge in [-0.1, -0.05) is 0 Å². The second-order valence-electron chi connectivity index (χ2n) is 6.14. The quantitative estimate of drug-likeness (QED) is 0.591. The van der Waals surface area contributed by atoms with Crippen LogP contribution in [0.2, 0.25) is 0 Å². The summed E-state index contributed by atoms with van der Waals surface area (Å²) in [5, 5.41) is 11.8. The summed E-state index contributed by atoms with van der Waals surface area (Å²) in [6, 6.07) is 7.37. The van der Waals surface area contributed by atoms with Crippen LogP contribution in [-0.2, 0) is 0 Å². The maximum Gasteiger partial charge on any atom is 0.573 e. The fourth-order valence-electron chi connectivity index (χ4n) is 2.85. The summed E-state index contributed by atoms with van der Waals surface area (Å²) in [4.78, 5) is 16.3. The number of nitrogens with one attached hydrogen (secondary N) is 1. The lowest BCUT2D eigenvalue weighted by Gasteiger charge is -2.13. The molecule has 2 N–H and O–H groups in total. The third-order valence-electron chi connectivity index (χ3n) is 4.12. The van der Waals surface area contributed by atoms with E-state index in [1.807, 2.05) is 0 Å². The molecule has 0 unspecified atom stereocenters. The third-order valence-corrected chi connectivity index (χ3v) is 4.12. The SMILES string of the molecule is COc1cc(-c2ccc(OC(F)(F)F)cc2F)c2ncc(C(=O)NCCO)cc2c1. The zero-order chi connectivity index (χ0) is 21.9. The lowest BCUT2D eigenvalue weighted by molar-refractivity contribution is -0.274. The van der Waals surface area contributed by atoms with Crippen LogP contribution in [0.5, 0.6) is 11.5 Å². The van der Waals surface area contributed by atoms with Crippen molar-refractivity contribution in [1.82, 2.24) is 10.3 Å². The van der Waals surface area contributed by atoms with Crippen LogP contribution in [0.3, 0.4) is 0 Å². The van der Waals surface area contributed by atoms with Gasteiger partial charge in [-0.05, 0) is 30.3 Å². The number of pyridine rings is 1. The third kappa shape index (κ3) is 4.77. The number of amides is 1. The number of hydrogen-bond donors (Lipinski definition) is 2. The average Bonchev–Trinajstić information content (AvgIpc) is 2.69. The molecule has 0 spiro atoms. The van der Waals surface area contributed by atoms with Gasteiger partial charge in [-0.2, -0.15) is 0 Å². The molecule has 1 aromatic heterocycles. The molecule has 0 aliphatic rings. The molecule has 0 saturated heterocycles. The summed E-state index contributed by atoms with van der Waals surface area (Å²) in [5.74, 6) is -1.76. The number of ether oxygens (including phenoxy) is 2. The van der Waals surface area contributed by atoms with Gasteiger partial charge < -0.3 is 19.9 Å². The van der Waals surface area contributed by atoms with Crippen LogP contribution in [0.15, 0.2) is 42.6 Å². The highest BCUT2D eigenvalue weighted by atomic mass is 19.4. The molecule has 0 saturated carbocycles. The number of carbonyl (C=O) groups excluding carboxylic acids is 1. The number of carbonyl (C=O) groups is 1. The molecule has 2 aromatic carbocycles. The molecule has 158 valence electrons. The van der Waals surface area contributed by atoms with Gasteiger partial charge in [-0.25, -0.2) is 4.39 Å². The molecule has 1 amide bonds. The molecule has 0 radical (unpaired) electrons. The maximum absolute atomic E-state index is 14.6. The lowest BCUT2D eigenvalue weighted by Crippen LogP contribution is -2.26. The highest BCUT2D eigenvalue weighted by Crippen LogP contribution is 2.35. The minimum absolute atomic E-state index is 0.0154. The second-order valence-corrected chi connectivity index (χ2v) is 6.14. The highest BCUT2D eigenvalue weighted by Gasteiger charge is 2.31. The van der Waals surface area contributed by atoms with Crippen LogP contribution in [0.4, 0.5) is 17.6 Å². The molecule has 10 heteroatoms. The van der Waals surface area contributed by atoms with E-state index in [0.717, 1.165) is 12.1 Å². The molecule has 0 aliphatic heterocycles. The predicted octanol–water partition coefficient (Wildman–Crippen LogP) is 3.67. The van der Waals surface area contributed by atoms with Crippen LogP contribution in [0.1, 0.15) is 10.4 Å². The van der Waals surface area contributed by atoms with Gasteiger partial charge in [0.2, 0.25) is 0 Å². The summed E-state index contributed by atoms with van der Waals surface area (Å²) in [5.41, 5.74) is 0.781. The van der Waals surface area contributed by atoms with E-state index in [4.69, 9.17) is 9.84 Å². The number of alkyl halides is 3. The zero-order valence-electron chi connectivity index (χ0n) is 15.6. The van der Waals surface area contributed by atoms with E-state index in [9.17, 15) is 22.4 Å². The number of aliphatic hydroxyl groups excluding tert-OH is 1. The zero-order valence-corrected chi connectivity index (χ0v) is 15.6. The van der Waals surface area contributed by atoms with Gasteiger partial charge in [0.25, 0.3) is 5.91 Å². The first kappa shape index (κ1) is 21.3. The normalized spacial score (nSPS) is 11.4. The second kappa shape index (κ2) is 8.54. The summed E-state index contributed by atoms with van der Waals surface area (Å²) < 4.78 is 60.7. The van der Waals surface area contributed by atoms with E-state index < -0.39 is 23.8 Å². The minimum Gasteiger partial charge on any atom is -0.497 e. The topological polar surface area (TPSA) is 80.7 Å². The Morgan fingerprint density at radius 1 is 1.13 bits per heavy atom. The van der Waals surface area contributed by atoms with Crippen molar-refractivity contribution in [2.45, 2.75) is 6.36 Å². The smallest absolute Gasteiger partial charge is 0.497 e. The Morgan fingerprint density at radius 2 is 1.90 bits per heavy atom. The van der Waals surface area contributed by atoms with Gasteiger partial charge >= 0.3 is 6.36 Å². The molecule has 3 rings (SSSR count). The van der Waals surface area contributed by atoms with Gasteiger partial charge in [0, 0.05) is 35.3 Å². The Balaban J connectivity index is 2.08. The number of hydrogen-bond acceptors (Lipinski definition) is 5. The summed E-state index contributed by atoms with van der Waals surface area (Å²) in [6.45, 7) is -0.157. The first-order valence-electron chi connectivity index (χ1n) is 8.64. The summed E-state index contributed by atoms with van der Waals surface area (Å²) in [7, 11) is 1.40. The standard InChI is InChI=1S/C20H16F4N2O4/c1-29-14-7-11-6-12(19(28)25-4-5-27)10-26-18(11)16(8-14)15-3-2-13(9-17(15)21)30-20(22,23)24/h2-3,6-10,27H,4-5H2,1H3,(H,25,28). The van der Waals surface area contributed by atoms with Crippen LogP contribution >= 0.6 is 0 Å². The molecular formula is C20H16F4N2O4. The monoisotopic (exact) mass is 424 g/mol. The van der Waals surface area contributed by atoms with Crippen LogP contribution in [-0.4, -0.2) is 42.6 Å². The molecule has 0 aliphatic carbocycles. The van der Waals surface area contributed by atoms with Crippen molar-refractivity contribution in [3.05, 3.63) is 54.0 Å². The van der Waals surface area contributed by atoms with E-state index in [1.165, 1.54) is 25.4 Å². The van der Waals surface area contributed by atoms with Gasteiger partial charge in [0.1, 0.15) is 17.3 Å². The molecule has 6 nitrogen and oxygen atoms in total. The van der Waals surface area contributed by atoms with Gasteiger partial charge in [-0.15, -0.1) is 13.2 Å². The van der Waals surface area contributed by atoms with E-state index in [0.29, 0.717) is 22.7 Å². The van der Waals surface area contributed by atoms with Crippen molar-refractivity contribution in [2.24, 2.45) is 0 Å². The number of aromatic nitrogens is 1. The van der Waals surface area contributed by atoms with Crippen LogP contribution < -0.4 is 14.8 Å². The first-order chi connectivity index (χ1) is 14.2. The number of halogens is 4. The Morgan fingerprint density at radius 3 is 2.53 bits per heavy atom. The van der Waals surface area contributed by atoms with E-state index in [1.54, 1.807) is 6.07 Å². The van der Waals surface area contributed by atoms with Crippen LogP contribution in [0.25, 0.3) is 22.0 Å². The Labute approximate surface area is 168 Å². The molecule has 0 bridgehead atoms. The van der Waals surface area contributed by atoms with E-state index >= 15 is 0 Å². The summed E-state index contributed by atoms with van der Waals surface area (Å²) >= 11 is 0. The Hall–Kier alpha value is -3.40. The van der Waals surface area contributed by atoms with Gasteiger partial charge in [0.15, 0.2) is 0 Å².